The molecule has 1 atom stereocenters. The summed E-state index contributed by atoms with van der Waals surface area (Å²) in [6.45, 7) is 3.05. The number of aryl methyl sites for hydroxylation is 1. The Morgan fingerprint density at radius 2 is 2.22 bits per heavy atom. The van der Waals surface area contributed by atoms with Gasteiger partial charge in [-0.2, -0.15) is 10.1 Å². The zero-order valence-electron chi connectivity index (χ0n) is 14.0. The molecule has 3 rings (SSSR count). The first-order valence-electron chi connectivity index (χ1n) is 7.96. The average Bonchev–Trinajstić information content (AvgIpc) is 2.99. The lowest BCUT2D eigenvalue weighted by Crippen LogP contribution is -2.47. The highest BCUT2D eigenvalue weighted by atomic mass is 16.5. The van der Waals surface area contributed by atoms with Crippen molar-refractivity contribution in [3.63, 3.8) is 0 Å². The Hall–Kier alpha value is -2.15. The van der Waals surface area contributed by atoms with Gasteiger partial charge >= 0.3 is 0 Å². The van der Waals surface area contributed by atoms with Gasteiger partial charge in [-0.25, -0.2) is 4.98 Å². The molecule has 1 aliphatic rings. The van der Waals surface area contributed by atoms with E-state index in [1.54, 1.807) is 19.4 Å². The van der Waals surface area contributed by atoms with Gasteiger partial charge in [-0.05, 0) is 25.5 Å². The molecule has 3 heterocycles. The number of piperidine rings is 1. The molecule has 1 aliphatic heterocycles. The van der Waals surface area contributed by atoms with Crippen LogP contribution in [0.2, 0.25) is 0 Å². The summed E-state index contributed by atoms with van der Waals surface area (Å²) in [7, 11) is 5.68. The van der Waals surface area contributed by atoms with Crippen molar-refractivity contribution in [3.8, 4) is 5.88 Å². The lowest BCUT2D eigenvalue weighted by Gasteiger charge is -2.37. The van der Waals surface area contributed by atoms with E-state index in [0.29, 0.717) is 11.9 Å². The summed E-state index contributed by atoms with van der Waals surface area (Å²) in [5.41, 5.74) is 1.24. The van der Waals surface area contributed by atoms with Crippen LogP contribution in [0.25, 0.3) is 0 Å². The van der Waals surface area contributed by atoms with Crippen molar-refractivity contribution < 1.29 is 4.74 Å². The summed E-state index contributed by atoms with van der Waals surface area (Å²) < 4.78 is 7.14. The zero-order chi connectivity index (χ0) is 16.2. The van der Waals surface area contributed by atoms with Crippen molar-refractivity contribution in [2.75, 3.05) is 32.1 Å². The van der Waals surface area contributed by atoms with Crippen LogP contribution in [-0.2, 0) is 13.6 Å². The van der Waals surface area contributed by atoms with Crippen molar-refractivity contribution in [3.05, 3.63) is 30.2 Å². The quantitative estimate of drug-likeness (QED) is 0.829. The third-order valence-electron chi connectivity index (χ3n) is 4.48. The molecule has 0 bridgehead atoms. The van der Waals surface area contributed by atoms with Crippen molar-refractivity contribution in [1.29, 1.82) is 0 Å². The van der Waals surface area contributed by atoms with Crippen LogP contribution >= 0.6 is 0 Å². The molecule has 0 aromatic carbocycles. The van der Waals surface area contributed by atoms with Gasteiger partial charge in [0.1, 0.15) is 0 Å². The monoisotopic (exact) mass is 316 g/mol. The largest absolute Gasteiger partial charge is 0.481 e. The highest BCUT2D eigenvalue weighted by Crippen LogP contribution is 2.21. The lowest BCUT2D eigenvalue weighted by atomic mass is 10.0. The number of likely N-dealkylation sites (tertiary alicyclic amines) is 1. The number of ether oxygens (including phenoxy) is 1. The van der Waals surface area contributed by atoms with Crippen LogP contribution in [0.5, 0.6) is 5.88 Å². The SMILES string of the molecule is COc1ccnc(N(C)C2CCCN(Cc3ccnn3C)C2)n1. The molecule has 1 fully saturated rings. The van der Waals surface area contributed by atoms with Crippen LogP contribution < -0.4 is 9.64 Å². The molecule has 7 nitrogen and oxygen atoms in total. The molecule has 1 unspecified atom stereocenters. The van der Waals surface area contributed by atoms with Crippen LogP contribution in [0, 0.1) is 0 Å². The van der Waals surface area contributed by atoms with Crippen LogP contribution in [0.15, 0.2) is 24.5 Å². The second kappa shape index (κ2) is 6.95. The first-order chi connectivity index (χ1) is 11.2. The summed E-state index contributed by atoms with van der Waals surface area (Å²) in [4.78, 5) is 13.5. The molecule has 2 aromatic heterocycles. The summed E-state index contributed by atoms with van der Waals surface area (Å²) >= 11 is 0. The maximum atomic E-state index is 5.20. The maximum Gasteiger partial charge on any atom is 0.228 e. The fourth-order valence-corrected chi connectivity index (χ4v) is 3.06. The van der Waals surface area contributed by atoms with Gasteiger partial charge in [0.15, 0.2) is 0 Å². The Balaban J connectivity index is 1.66. The first-order valence-corrected chi connectivity index (χ1v) is 7.96. The van der Waals surface area contributed by atoms with E-state index in [4.69, 9.17) is 4.74 Å². The van der Waals surface area contributed by atoms with E-state index in [9.17, 15) is 0 Å². The van der Waals surface area contributed by atoms with Crippen molar-refractivity contribution in [2.45, 2.75) is 25.4 Å². The third-order valence-corrected chi connectivity index (χ3v) is 4.48. The van der Waals surface area contributed by atoms with Crippen molar-refractivity contribution in [1.82, 2.24) is 24.6 Å². The van der Waals surface area contributed by atoms with Crippen LogP contribution in [0.1, 0.15) is 18.5 Å². The molecule has 2 aromatic rings. The molecule has 0 aliphatic carbocycles. The fourth-order valence-electron chi connectivity index (χ4n) is 3.06. The van der Waals surface area contributed by atoms with E-state index in [-0.39, 0.29) is 0 Å². The summed E-state index contributed by atoms with van der Waals surface area (Å²) in [6, 6.07) is 4.26. The lowest BCUT2D eigenvalue weighted by molar-refractivity contribution is 0.193. The van der Waals surface area contributed by atoms with Crippen LogP contribution in [-0.4, -0.2) is 57.9 Å². The van der Waals surface area contributed by atoms with Gasteiger partial charge in [-0.3, -0.25) is 9.58 Å². The minimum Gasteiger partial charge on any atom is -0.481 e. The zero-order valence-corrected chi connectivity index (χ0v) is 14.0. The summed E-state index contributed by atoms with van der Waals surface area (Å²) in [6.07, 6.45) is 5.93. The van der Waals surface area contributed by atoms with Gasteiger partial charge < -0.3 is 9.64 Å². The number of hydrogen-bond acceptors (Lipinski definition) is 6. The van der Waals surface area contributed by atoms with E-state index < -0.39 is 0 Å². The molecule has 0 saturated carbocycles. The molecular formula is C16H24N6O. The Labute approximate surface area is 136 Å². The number of likely N-dealkylation sites (N-methyl/N-ethyl adjacent to an activating group) is 1. The average molecular weight is 316 g/mol. The van der Waals surface area contributed by atoms with Crippen molar-refractivity contribution >= 4 is 5.95 Å². The molecule has 0 amide bonds. The van der Waals surface area contributed by atoms with Crippen LogP contribution in [0.3, 0.4) is 0 Å². The van der Waals surface area contributed by atoms with Gasteiger partial charge in [0.05, 0.1) is 12.8 Å². The Bertz CT molecular complexity index is 643. The third kappa shape index (κ3) is 3.61. The second-order valence-electron chi connectivity index (χ2n) is 5.99. The number of methoxy groups -OCH3 is 1. The Morgan fingerprint density at radius 3 is 2.96 bits per heavy atom. The minimum atomic E-state index is 0.407. The van der Waals surface area contributed by atoms with Gasteiger partial charge in [0, 0.05) is 51.7 Å². The smallest absolute Gasteiger partial charge is 0.228 e. The number of aromatic nitrogens is 4. The molecule has 7 heteroatoms. The van der Waals surface area contributed by atoms with Gasteiger partial charge in [0.2, 0.25) is 11.8 Å². The molecule has 0 spiro atoms. The molecule has 0 radical (unpaired) electrons. The summed E-state index contributed by atoms with van der Waals surface area (Å²) in [5.74, 6) is 1.32. The number of rotatable bonds is 5. The van der Waals surface area contributed by atoms with Gasteiger partial charge in [-0.15, -0.1) is 0 Å². The van der Waals surface area contributed by atoms with Gasteiger partial charge in [-0.1, -0.05) is 0 Å². The van der Waals surface area contributed by atoms with Crippen LogP contribution in [0.4, 0.5) is 5.95 Å². The molecule has 1 saturated heterocycles. The molecule has 0 N–H and O–H groups in total. The summed E-state index contributed by atoms with van der Waals surface area (Å²) in [5, 5.41) is 4.25. The predicted octanol–water partition coefficient (Wildman–Crippen LogP) is 1.32. The van der Waals surface area contributed by atoms with Gasteiger partial charge in [0.25, 0.3) is 0 Å². The Kier molecular flexibility index (Phi) is 4.76. The van der Waals surface area contributed by atoms with E-state index in [0.717, 1.165) is 32.0 Å². The topological polar surface area (TPSA) is 59.3 Å². The van der Waals surface area contributed by atoms with E-state index >= 15 is 0 Å². The van der Waals surface area contributed by atoms with E-state index in [1.807, 2.05) is 17.9 Å². The fraction of sp³-hybridized carbons (Fsp3) is 0.562. The number of hydrogen-bond donors (Lipinski definition) is 0. The van der Waals surface area contributed by atoms with E-state index in [2.05, 4.69) is 38.0 Å². The number of nitrogens with zero attached hydrogens (tertiary/aromatic N) is 6. The standard InChI is InChI=1S/C16H24N6O/c1-20(16-17-8-7-15(19-16)23-3)13-5-4-10-22(11-13)12-14-6-9-18-21(14)2/h6-9,13H,4-5,10-12H2,1-3H3. The minimum absolute atomic E-state index is 0.407. The van der Waals surface area contributed by atoms with Crippen molar-refractivity contribution in [2.24, 2.45) is 7.05 Å². The normalized spacial score (nSPS) is 18.8. The molecule has 124 valence electrons. The van der Waals surface area contributed by atoms with E-state index in [1.165, 1.54) is 12.1 Å². The number of anilines is 1. The molecular weight excluding hydrogens is 292 g/mol. The maximum absolute atomic E-state index is 5.20. The predicted molar refractivity (Wildman–Crippen MR) is 88.5 cm³/mol. The first kappa shape index (κ1) is 15.7. The highest BCUT2D eigenvalue weighted by molar-refractivity contribution is 5.32. The molecule has 23 heavy (non-hydrogen) atoms. The highest BCUT2D eigenvalue weighted by Gasteiger charge is 2.25. The Morgan fingerprint density at radius 1 is 1.35 bits per heavy atom. The second-order valence-corrected chi connectivity index (χ2v) is 5.99.